The summed E-state index contributed by atoms with van der Waals surface area (Å²) in [6.45, 7) is 2.13. The SMILES string of the molecule is CCOc1ccc(C[C@H](NC(=O)[C@@H](N)CCC(=O)O)C(=O)O)cc1O. The lowest BCUT2D eigenvalue weighted by molar-refractivity contribution is -0.142. The molecule has 0 unspecified atom stereocenters. The van der Waals surface area contributed by atoms with Gasteiger partial charge in [-0.1, -0.05) is 6.07 Å². The number of hydrogen-bond donors (Lipinski definition) is 5. The zero-order chi connectivity index (χ0) is 19.0. The van der Waals surface area contributed by atoms with Crippen molar-refractivity contribution in [1.82, 2.24) is 5.32 Å². The van der Waals surface area contributed by atoms with Gasteiger partial charge in [0.1, 0.15) is 6.04 Å². The van der Waals surface area contributed by atoms with E-state index in [1.807, 2.05) is 0 Å². The summed E-state index contributed by atoms with van der Waals surface area (Å²) >= 11 is 0. The Morgan fingerprint density at radius 3 is 2.48 bits per heavy atom. The van der Waals surface area contributed by atoms with Crippen LogP contribution in [0.3, 0.4) is 0 Å². The normalized spacial score (nSPS) is 12.9. The molecule has 9 nitrogen and oxygen atoms in total. The average Bonchev–Trinajstić information content (AvgIpc) is 2.54. The Hall–Kier alpha value is -2.81. The van der Waals surface area contributed by atoms with E-state index in [0.29, 0.717) is 12.2 Å². The maximum absolute atomic E-state index is 11.9. The Kier molecular flexibility index (Phi) is 7.67. The number of carboxylic acids is 2. The number of amides is 1. The molecule has 0 saturated heterocycles. The van der Waals surface area contributed by atoms with Gasteiger partial charge in [0.2, 0.25) is 5.91 Å². The van der Waals surface area contributed by atoms with Gasteiger partial charge in [0.15, 0.2) is 11.5 Å². The zero-order valence-electron chi connectivity index (χ0n) is 13.8. The van der Waals surface area contributed by atoms with Crippen molar-refractivity contribution in [3.8, 4) is 11.5 Å². The maximum atomic E-state index is 11.9. The molecule has 0 spiro atoms. The van der Waals surface area contributed by atoms with Crippen LogP contribution in [-0.4, -0.2) is 51.9 Å². The summed E-state index contributed by atoms with van der Waals surface area (Å²) in [5.74, 6) is -2.97. The number of aliphatic carboxylic acids is 2. The summed E-state index contributed by atoms with van der Waals surface area (Å²) in [4.78, 5) is 33.7. The van der Waals surface area contributed by atoms with Crippen molar-refractivity contribution in [2.75, 3.05) is 6.61 Å². The lowest BCUT2D eigenvalue weighted by Crippen LogP contribution is -2.49. The number of rotatable bonds is 10. The van der Waals surface area contributed by atoms with E-state index in [0.717, 1.165) is 0 Å². The molecule has 1 amide bonds. The second-order valence-electron chi connectivity index (χ2n) is 5.38. The maximum Gasteiger partial charge on any atom is 0.326 e. The third-order valence-electron chi connectivity index (χ3n) is 3.38. The largest absolute Gasteiger partial charge is 0.504 e. The highest BCUT2D eigenvalue weighted by Gasteiger charge is 2.24. The molecule has 9 heteroatoms. The fourth-order valence-electron chi connectivity index (χ4n) is 2.09. The van der Waals surface area contributed by atoms with E-state index in [-0.39, 0.29) is 30.8 Å². The molecule has 1 aromatic carbocycles. The highest BCUT2D eigenvalue weighted by Crippen LogP contribution is 2.27. The molecule has 0 aliphatic heterocycles. The molecular formula is C16H22N2O7. The van der Waals surface area contributed by atoms with Crippen molar-refractivity contribution < 1.29 is 34.4 Å². The first-order chi connectivity index (χ1) is 11.7. The topological polar surface area (TPSA) is 159 Å². The van der Waals surface area contributed by atoms with Gasteiger partial charge in [-0.2, -0.15) is 0 Å². The number of carboxylic acid groups (broad SMARTS) is 2. The Morgan fingerprint density at radius 2 is 1.96 bits per heavy atom. The van der Waals surface area contributed by atoms with E-state index in [9.17, 15) is 24.6 Å². The Morgan fingerprint density at radius 1 is 1.28 bits per heavy atom. The predicted molar refractivity (Wildman–Crippen MR) is 87.4 cm³/mol. The summed E-state index contributed by atoms with van der Waals surface area (Å²) in [7, 11) is 0. The van der Waals surface area contributed by atoms with Gasteiger partial charge in [0, 0.05) is 12.8 Å². The summed E-state index contributed by atoms with van der Waals surface area (Å²) in [6.07, 6.45) is -0.469. The molecule has 25 heavy (non-hydrogen) atoms. The fraction of sp³-hybridized carbons (Fsp3) is 0.438. The summed E-state index contributed by atoms with van der Waals surface area (Å²) < 4.78 is 5.19. The van der Waals surface area contributed by atoms with Crippen molar-refractivity contribution in [2.24, 2.45) is 5.73 Å². The smallest absolute Gasteiger partial charge is 0.326 e. The molecule has 0 heterocycles. The van der Waals surface area contributed by atoms with E-state index in [4.69, 9.17) is 15.6 Å². The molecule has 138 valence electrons. The third-order valence-corrected chi connectivity index (χ3v) is 3.38. The predicted octanol–water partition coefficient (Wildman–Crippen LogP) is 0.0949. The molecule has 0 aromatic heterocycles. The molecule has 0 aliphatic carbocycles. The zero-order valence-corrected chi connectivity index (χ0v) is 13.8. The van der Waals surface area contributed by atoms with Gasteiger partial charge in [-0.15, -0.1) is 0 Å². The van der Waals surface area contributed by atoms with Gasteiger partial charge in [0.05, 0.1) is 12.6 Å². The summed E-state index contributed by atoms with van der Waals surface area (Å²) in [5, 5.41) is 29.9. The minimum atomic E-state index is -1.27. The van der Waals surface area contributed by atoms with Gasteiger partial charge in [-0.3, -0.25) is 9.59 Å². The Bertz CT molecular complexity index is 633. The lowest BCUT2D eigenvalue weighted by Gasteiger charge is -2.18. The fourth-order valence-corrected chi connectivity index (χ4v) is 2.09. The molecule has 0 saturated carbocycles. The highest BCUT2D eigenvalue weighted by atomic mass is 16.5. The van der Waals surface area contributed by atoms with Gasteiger partial charge in [0.25, 0.3) is 0 Å². The van der Waals surface area contributed by atoms with Gasteiger partial charge >= 0.3 is 11.9 Å². The number of nitrogens with one attached hydrogen (secondary N) is 1. The van der Waals surface area contributed by atoms with Crippen LogP contribution >= 0.6 is 0 Å². The average molecular weight is 354 g/mol. The van der Waals surface area contributed by atoms with E-state index in [2.05, 4.69) is 5.32 Å². The number of carbonyl (C=O) groups is 3. The number of carbonyl (C=O) groups excluding carboxylic acids is 1. The number of phenolic OH excluding ortho intramolecular Hbond substituents is 1. The van der Waals surface area contributed by atoms with Gasteiger partial charge in [-0.25, -0.2) is 4.79 Å². The van der Waals surface area contributed by atoms with Crippen LogP contribution in [0.5, 0.6) is 11.5 Å². The molecule has 0 fully saturated rings. The molecule has 0 aliphatic rings. The van der Waals surface area contributed by atoms with Crippen LogP contribution in [0.1, 0.15) is 25.3 Å². The summed E-state index contributed by atoms with van der Waals surface area (Å²) in [5.41, 5.74) is 6.04. The first kappa shape index (κ1) is 20.2. The van der Waals surface area contributed by atoms with Crippen LogP contribution in [0.2, 0.25) is 0 Å². The Balaban J connectivity index is 2.74. The van der Waals surface area contributed by atoms with Crippen LogP contribution in [0.25, 0.3) is 0 Å². The molecule has 1 rings (SSSR count). The van der Waals surface area contributed by atoms with Crippen molar-refractivity contribution in [3.63, 3.8) is 0 Å². The number of phenols is 1. The van der Waals surface area contributed by atoms with Crippen LogP contribution < -0.4 is 15.8 Å². The van der Waals surface area contributed by atoms with Crippen LogP contribution in [0.4, 0.5) is 0 Å². The first-order valence-corrected chi connectivity index (χ1v) is 7.69. The molecular weight excluding hydrogens is 332 g/mol. The van der Waals surface area contributed by atoms with Crippen molar-refractivity contribution in [1.29, 1.82) is 0 Å². The van der Waals surface area contributed by atoms with Crippen LogP contribution in [0.15, 0.2) is 18.2 Å². The monoisotopic (exact) mass is 354 g/mol. The third kappa shape index (κ3) is 6.68. The number of nitrogens with two attached hydrogens (primary N) is 1. The second-order valence-corrected chi connectivity index (χ2v) is 5.38. The molecule has 2 atom stereocenters. The Labute approximate surface area is 144 Å². The minimum absolute atomic E-state index is 0.0767. The van der Waals surface area contributed by atoms with E-state index in [1.54, 1.807) is 13.0 Å². The van der Waals surface area contributed by atoms with Gasteiger partial charge in [-0.05, 0) is 31.0 Å². The number of ether oxygens (including phenoxy) is 1. The van der Waals surface area contributed by atoms with E-state index >= 15 is 0 Å². The molecule has 0 bridgehead atoms. The van der Waals surface area contributed by atoms with Gasteiger partial charge < -0.3 is 31.1 Å². The molecule has 0 radical (unpaired) electrons. The highest BCUT2D eigenvalue weighted by molar-refractivity contribution is 5.87. The minimum Gasteiger partial charge on any atom is -0.504 e. The van der Waals surface area contributed by atoms with Crippen molar-refractivity contribution >= 4 is 17.8 Å². The second kappa shape index (κ2) is 9.48. The van der Waals surface area contributed by atoms with Crippen LogP contribution in [0, 0.1) is 0 Å². The number of hydrogen-bond acceptors (Lipinski definition) is 6. The number of benzene rings is 1. The quantitative estimate of drug-likeness (QED) is 0.395. The molecule has 1 aromatic rings. The standard InChI is InChI=1S/C16H22N2O7/c1-2-25-13-5-3-9(8-12(13)19)7-11(16(23)24)18-15(22)10(17)4-6-14(20)21/h3,5,8,10-11,19H,2,4,6-7,17H2,1H3,(H,18,22)(H,20,21)(H,23,24)/t10-,11-/m0/s1. The van der Waals surface area contributed by atoms with Crippen LogP contribution in [-0.2, 0) is 20.8 Å². The summed E-state index contributed by atoms with van der Waals surface area (Å²) in [6, 6.07) is 2.06. The lowest BCUT2D eigenvalue weighted by atomic mass is 10.0. The van der Waals surface area contributed by atoms with E-state index in [1.165, 1.54) is 12.1 Å². The van der Waals surface area contributed by atoms with Crippen molar-refractivity contribution in [3.05, 3.63) is 23.8 Å². The number of aromatic hydroxyl groups is 1. The van der Waals surface area contributed by atoms with E-state index < -0.39 is 29.9 Å². The van der Waals surface area contributed by atoms with Crippen molar-refractivity contribution in [2.45, 2.75) is 38.3 Å². The first-order valence-electron chi connectivity index (χ1n) is 7.69. The molecule has 6 N–H and O–H groups in total.